The molecule has 1 aromatic heterocycles. The van der Waals surface area contributed by atoms with Gasteiger partial charge in [-0.1, -0.05) is 18.2 Å². The minimum absolute atomic E-state index is 0.239. The van der Waals surface area contributed by atoms with Crippen molar-refractivity contribution in [1.82, 2.24) is 5.32 Å². The molecule has 1 amide bonds. The summed E-state index contributed by atoms with van der Waals surface area (Å²) < 4.78 is 27.4. The number of benzene rings is 2. The van der Waals surface area contributed by atoms with Crippen LogP contribution >= 0.6 is 11.3 Å². The molecule has 0 bridgehead atoms. The first-order valence-corrected chi connectivity index (χ1v) is 7.66. The number of nitrogens with one attached hydrogen (secondary N) is 1. The number of carbonyl (C=O) groups is 1. The van der Waals surface area contributed by atoms with Crippen molar-refractivity contribution in [2.24, 2.45) is 0 Å². The van der Waals surface area contributed by atoms with Crippen LogP contribution in [0.25, 0.3) is 10.1 Å². The van der Waals surface area contributed by atoms with Crippen molar-refractivity contribution >= 4 is 27.3 Å². The molecule has 0 spiro atoms. The first-order valence-electron chi connectivity index (χ1n) is 6.84. The topological polar surface area (TPSA) is 29.1 Å². The van der Waals surface area contributed by atoms with Crippen molar-refractivity contribution in [3.63, 3.8) is 0 Å². The van der Waals surface area contributed by atoms with Crippen molar-refractivity contribution in [3.05, 3.63) is 70.6 Å². The maximum Gasteiger partial charge on any atom is 0.261 e. The number of amides is 1. The van der Waals surface area contributed by atoms with Gasteiger partial charge < -0.3 is 5.32 Å². The van der Waals surface area contributed by atoms with E-state index in [9.17, 15) is 13.6 Å². The molecule has 22 heavy (non-hydrogen) atoms. The van der Waals surface area contributed by atoms with Gasteiger partial charge in [0.1, 0.15) is 11.6 Å². The van der Waals surface area contributed by atoms with Crippen LogP contribution in [-0.4, -0.2) is 12.5 Å². The van der Waals surface area contributed by atoms with E-state index in [-0.39, 0.29) is 17.5 Å². The zero-order valence-corrected chi connectivity index (χ0v) is 12.4. The van der Waals surface area contributed by atoms with Crippen molar-refractivity contribution in [3.8, 4) is 0 Å². The lowest BCUT2D eigenvalue weighted by atomic mass is 10.1. The number of rotatable bonds is 4. The maximum absolute atomic E-state index is 13.6. The fourth-order valence-corrected chi connectivity index (χ4v) is 3.23. The number of halogens is 2. The summed E-state index contributed by atoms with van der Waals surface area (Å²) in [6, 6.07) is 12.6. The Morgan fingerprint density at radius 2 is 1.91 bits per heavy atom. The van der Waals surface area contributed by atoms with Gasteiger partial charge in [0, 0.05) is 16.6 Å². The molecular weight excluding hydrogens is 304 g/mol. The van der Waals surface area contributed by atoms with E-state index in [1.807, 2.05) is 6.07 Å². The fraction of sp³-hybridized carbons (Fsp3) is 0.118. The van der Waals surface area contributed by atoms with E-state index in [0.29, 0.717) is 23.2 Å². The zero-order chi connectivity index (χ0) is 15.5. The van der Waals surface area contributed by atoms with Gasteiger partial charge >= 0.3 is 0 Å². The lowest BCUT2D eigenvalue weighted by Crippen LogP contribution is -2.24. The highest BCUT2D eigenvalue weighted by Crippen LogP contribution is 2.27. The molecule has 0 aliphatic carbocycles. The molecule has 2 aromatic carbocycles. The van der Waals surface area contributed by atoms with Crippen LogP contribution in [0.4, 0.5) is 8.78 Å². The van der Waals surface area contributed by atoms with Crippen LogP contribution in [0.5, 0.6) is 0 Å². The predicted molar refractivity (Wildman–Crippen MR) is 84.2 cm³/mol. The average Bonchev–Trinajstić information content (AvgIpc) is 2.93. The molecule has 0 atom stereocenters. The molecule has 0 aliphatic rings. The van der Waals surface area contributed by atoms with Gasteiger partial charge in [0.2, 0.25) is 0 Å². The van der Waals surface area contributed by atoms with Crippen molar-refractivity contribution in [2.45, 2.75) is 6.42 Å². The Kier molecular flexibility index (Phi) is 4.15. The Morgan fingerprint density at radius 3 is 2.68 bits per heavy atom. The third kappa shape index (κ3) is 3.14. The van der Waals surface area contributed by atoms with Gasteiger partial charge in [0.05, 0.1) is 4.88 Å². The summed E-state index contributed by atoms with van der Waals surface area (Å²) in [5.41, 5.74) is 0.822. The molecule has 2 nitrogen and oxygen atoms in total. The van der Waals surface area contributed by atoms with Crippen molar-refractivity contribution in [2.75, 3.05) is 6.54 Å². The molecule has 0 unspecified atom stereocenters. The molecule has 3 aromatic rings. The molecule has 3 rings (SSSR count). The molecular formula is C17H13F2NOS. The van der Waals surface area contributed by atoms with Crippen LogP contribution in [0.15, 0.2) is 48.5 Å². The van der Waals surface area contributed by atoms with E-state index in [2.05, 4.69) is 5.32 Å². The van der Waals surface area contributed by atoms with Gasteiger partial charge in [-0.05, 0) is 42.3 Å². The second kappa shape index (κ2) is 6.23. The van der Waals surface area contributed by atoms with E-state index in [1.54, 1.807) is 24.3 Å². The average molecular weight is 317 g/mol. The van der Waals surface area contributed by atoms with Gasteiger partial charge in [0.25, 0.3) is 5.91 Å². The summed E-state index contributed by atoms with van der Waals surface area (Å²) in [5, 5.41) is 3.23. The van der Waals surface area contributed by atoms with Crippen LogP contribution in [0.1, 0.15) is 15.2 Å². The van der Waals surface area contributed by atoms with Crippen molar-refractivity contribution < 1.29 is 13.6 Å². The van der Waals surface area contributed by atoms with Crippen LogP contribution in [-0.2, 0) is 6.42 Å². The molecule has 0 aliphatic heterocycles. The lowest BCUT2D eigenvalue weighted by molar-refractivity contribution is 0.0958. The largest absolute Gasteiger partial charge is 0.351 e. The van der Waals surface area contributed by atoms with Crippen LogP contribution < -0.4 is 5.32 Å². The lowest BCUT2D eigenvalue weighted by Gasteiger charge is -2.04. The predicted octanol–water partition coefficient (Wildman–Crippen LogP) is 4.15. The first-order chi connectivity index (χ1) is 10.6. The molecule has 0 radical (unpaired) electrons. The Hall–Kier alpha value is -2.27. The second-order valence-electron chi connectivity index (χ2n) is 4.90. The number of hydrogen-bond donors (Lipinski definition) is 1. The molecule has 0 fully saturated rings. The van der Waals surface area contributed by atoms with Gasteiger partial charge in [-0.15, -0.1) is 11.3 Å². The number of fused-ring (bicyclic) bond motifs is 1. The van der Waals surface area contributed by atoms with E-state index in [0.717, 1.165) is 10.3 Å². The number of thiophene rings is 1. The second-order valence-corrected chi connectivity index (χ2v) is 5.98. The third-order valence-corrected chi connectivity index (χ3v) is 4.42. The van der Waals surface area contributed by atoms with Crippen LogP contribution in [0.2, 0.25) is 0 Å². The van der Waals surface area contributed by atoms with Crippen LogP contribution in [0, 0.1) is 11.6 Å². The minimum Gasteiger partial charge on any atom is -0.351 e. The van der Waals surface area contributed by atoms with Gasteiger partial charge in [-0.3, -0.25) is 4.79 Å². The quantitative estimate of drug-likeness (QED) is 0.769. The summed E-state index contributed by atoms with van der Waals surface area (Å²) in [6.45, 7) is 0.402. The maximum atomic E-state index is 13.6. The normalized spacial score (nSPS) is 10.8. The Balaban J connectivity index is 1.65. The molecule has 0 saturated carbocycles. The summed E-state index contributed by atoms with van der Waals surface area (Å²) in [5.74, 6) is -0.853. The Bertz CT molecular complexity index is 828. The van der Waals surface area contributed by atoms with E-state index >= 15 is 0 Å². The summed E-state index contributed by atoms with van der Waals surface area (Å²) in [4.78, 5) is 12.6. The first kappa shape index (κ1) is 14.7. The van der Waals surface area contributed by atoms with Gasteiger partial charge in [-0.25, -0.2) is 8.78 Å². The number of carbonyl (C=O) groups excluding carboxylic acids is 1. The van der Waals surface area contributed by atoms with Gasteiger partial charge in [-0.2, -0.15) is 0 Å². The van der Waals surface area contributed by atoms with E-state index in [1.165, 1.54) is 29.5 Å². The minimum atomic E-state index is -0.326. The highest BCUT2D eigenvalue weighted by molar-refractivity contribution is 7.20. The van der Waals surface area contributed by atoms with Crippen LogP contribution in [0.3, 0.4) is 0 Å². The summed E-state index contributed by atoms with van der Waals surface area (Å²) in [6.07, 6.45) is 0.544. The highest BCUT2D eigenvalue weighted by Gasteiger charge is 2.12. The van der Waals surface area contributed by atoms with Crippen molar-refractivity contribution in [1.29, 1.82) is 0 Å². The molecule has 5 heteroatoms. The molecule has 112 valence electrons. The standard InChI is InChI=1S/C17H13F2NOS/c18-12-4-1-3-11(9-12)7-8-20-17(21)16-10-13-14(19)5-2-6-15(13)22-16/h1-6,9-10H,7-8H2,(H,20,21). The molecule has 1 N–H and O–H groups in total. The van der Waals surface area contributed by atoms with E-state index < -0.39 is 0 Å². The Labute approximate surface area is 130 Å². The fourth-order valence-electron chi connectivity index (χ4n) is 2.24. The number of hydrogen-bond acceptors (Lipinski definition) is 2. The third-order valence-electron chi connectivity index (χ3n) is 3.32. The highest BCUT2D eigenvalue weighted by atomic mass is 32.1. The SMILES string of the molecule is O=C(NCCc1cccc(F)c1)c1cc2c(F)cccc2s1. The van der Waals surface area contributed by atoms with E-state index in [4.69, 9.17) is 0 Å². The zero-order valence-electron chi connectivity index (χ0n) is 11.6. The summed E-state index contributed by atoms with van der Waals surface area (Å²) in [7, 11) is 0. The van der Waals surface area contributed by atoms with Gasteiger partial charge in [0.15, 0.2) is 0 Å². The summed E-state index contributed by atoms with van der Waals surface area (Å²) >= 11 is 1.26. The Morgan fingerprint density at radius 1 is 1.09 bits per heavy atom. The molecule has 0 saturated heterocycles. The molecule has 1 heterocycles. The monoisotopic (exact) mass is 317 g/mol. The smallest absolute Gasteiger partial charge is 0.261 e.